The minimum atomic E-state index is -0.448. The lowest BCUT2D eigenvalue weighted by Crippen LogP contribution is -2.41. The van der Waals surface area contributed by atoms with Crippen LogP contribution in [0.4, 0.5) is 10.5 Å². The maximum atomic E-state index is 13.1. The smallest absolute Gasteiger partial charge is 0.322 e. The number of carbonyl (C=O) groups excluding carboxylic acids is 1. The highest BCUT2D eigenvalue weighted by atomic mass is 35.5. The van der Waals surface area contributed by atoms with Crippen molar-refractivity contribution >= 4 is 23.3 Å². The summed E-state index contributed by atoms with van der Waals surface area (Å²) in [5, 5.41) is 7.57. The van der Waals surface area contributed by atoms with Gasteiger partial charge in [-0.15, -0.1) is 0 Å². The number of hydrogen-bond acceptors (Lipinski definition) is 6. The second kappa shape index (κ2) is 7.60. The molecule has 0 fully saturated rings. The molecule has 150 valence electrons. The van der Waals surface area contributed by atoms with Crippen molar-refractivity contribution < 1.29 is 9.32 Å². The van der Waals surface area contributed by atoms with Gasteiger partial charge in [0.1, 0.15) is 6.04 Å². The molecular formula is C20H16ClN7O2. The van der Waals surface area contributed by atoms with E-state index in [1.54, 1.807) is 60.0 Å². The van der Waals surface area contributed by atoms with Crippen molar-refractivity contribution in [1.29, 1.82) is 0 Å². The molecule has 30 heavy (non-hydrogen) atoms. The molecule has 0 spiro atoms. The van der Waals surface area contributed by atoms with Gasteiger partial charge in [0.2, 0.25) is 11.7 Å². The number of halogens is 1. The van der Waals surface area contributed by atoms with Crippen molar-refractivity contribution in [3.05, 3.63) is 77.4 Å². The lowest BCUT2D eigenvalue weighted by atomic mass is 10.0. The van der Waals surface area contributed by atoms with E-state index in [2.05, 4.69) is 30.4 Å². The van der Waals surface area contributed by atoms with Gasteiger partial charge in [-0.25, -0.2) is 9.78 Å². The van der Waals surface area contributed by atoms with Gasteiger partial charge in [0.15, 0.2) is 0 Å². The fourth-order valence-electron chi connectivity index (χ4n) is 3.39. The Morgan fingerprint density at radius 2 is 2.00 bits per heavy atom. The van der Waals surface area contributed by atoms with Crippen LogP contribution in [0.5, 0.6) is 0 Å². The zero-order chi connectivity index (χ0) is 20.5. The fourth-order valence-corrected chi connectivity index (χ4v) is 3.51. The number of aromatic amines is 1. The minimum Gasteiger partial charge on any atom is -0.347 e. The predicted molar refractivity (Wildman–Crippen MR) is 109 cm³/mol. The molecule has 0 saturated carbocycles. The van der Waals surface area contributed by atoms with Crippen molar-refractivity contribution in [1.82, 2.24) is 30.0 Å². The van der Waals surface area contributed by atoms with Crippen LogP contribution in [0.15, 0.2) is 59.6 Å². The number of benzene rings is 1. The van der Waals surface area contributed by atoms with Gasteiger partial charge in [-0.05, 0) is 36.4 Å². The Labute approximate surface area is 176 Å². The Hall–Kier alpha value is -3.72. The summed E-state index contributed by atoms with van der Waals surface area (Å²) in [4.78, 5) is 30.7. The Morgan fingerprint density at radius 1 is 1.20 bits per heavy atom. The highest BCUT2D eigenvalue weighted by Gasteiger charge is 2.36. The van der Waals surface area contributed by atoms with Crippen LogP contribution in [0.1, 0.15) is 23.3 Å². The topological polar surface area (TPSA) is 113 Å². The normalized spacial score (nSPS) is 15.6. The Bertz CT molecular complexity index is 1170. The van der Waals surface area contributed by atoms with Crippen LogP contribution in [0.2, 0.25) is 5.02 Å². The van der Waals surface area contributed by atoms with Crippen molar-refractivity contribution in [2.24, 2.45) is 0 Å². The Morgan fingerprint density at radius 3 is 2.80 bits per heavy atom. The molecule has 0 bridgehead atoms. The van der Waals surface area contributed by atoms with Gasteiger partial charge in [0.05, 0.1) is 24.3 Å². The van der Waals surface area contributed by atoms with Gasteiger partial charge in [-0.2, -0.15) is 4.98 Å². The van der Waals surface area contributed by atoms with Crippen molar-refractivity contribution in [2.75, 3.05) is 5.32 Å². The van der Waals surface area contributed by atoms with Gasteiger partial charge in [-0.3, -0.25) is 4.98 Å². The number of hydrogen-bond donors (Lipinski definition) is 2. The second-order valence-electron chi connectivity index (χ2n) is 6.80. The summed E-state index contributed by atoms with van der Waals surface area (Å²) < 4.78 is 5.54. The molecule has 0 saturated heterocycles. The van der Waals surface area contributed by atoms with Gasteiger partial charge in [0.25, 0.3) is 0 Å². The quantitative estimate of drug-likeness (QED) is 0.519. The molecule has 2 N–H and O–H groups in total. The lowest BCUT2D eigenvalue weighted by Gasteiger charge is -2.32. The summed E-state index contributed by atoms with van der Waals surface area (Å²) in [5.41, 5.74) is 3.18. The van der Waals surface area contributed by atoms with Crippen LogP contribution in [-0.2, 0) is 13.0 Å². The fraction of sp³-hybridized carbons (Fsp3) is 0.150. The molecule has 0 radical (unpaired) electrons. The third-order valence-electron chi connectivity index (χ3n) is 4.92. The number of anilines is 1. The molecule has 5 rings (SSSR count). The Kier molecular flexibility index (Phi) is 4.64. The number of H-pyrrole nitrogens is 1. The molecule has 10 heteroatoms. The number of carbonyl (C=O) groups is 1. The predicted octanol–water partition coefficient (Wildman–Crippen LogP) is 3.84. The number of amides is 2. The number of rotatable bonds is 3. The summed E-state index contributed by atoms with van der Waals surface area (Å²) in [6.07, 6.45) is 5.41. The summed E-state index contributed by atoms with van der Waals surface area (Å²) >= 11 is 5.93. The summed E-state index contributed by atoms with van der Waals surface area (Å²) in [6.45, 7) is 0.340. The molecule has 1 unspecified atom stereocenters. The first-order chi connectivity index (χ1) is 14.7. The molecule has 4 aromatic rings. The molecule has 2 amide bonds. The number of urea groups is 1. The number of pyridine rings is 1. The van der Waals surface area contributed by atoms with Gasteiger partial charge in [-0.1, -0.05) is 16.8 Å². The molecule has 1 aromatic carbocycles. The number of nitrogens with one attached hydrogen (secondary N) is 2. The van der Waals surface area contributed by atoms with Crippen LogP contribution < -0.4 is 5.32 Å². The zero-order valence-electron chi connectivity index (χ0n) is 15.6. The molecular weight excluding hydrogens is 406 g/mol. The van der Waals surface area contributed by atoms with E-state index >= 15 is 0 Å². The lowest BCUT2D eigenvalue weighted by molar-refractivity contribution is 0.155. The maximum Gasteiger partial charge on any atom is 0.322 e. The standard InChI is InChI=1S/C20H16ClN7O2/c21-13-1-3-14(4-2-13)25-20(29)28-10-16-15(23-11-24-16)9-17(28)19-26-18(27-30-19)12-5-7-22-8-6-12/h1-8,11,17H,9-10H2,(H,23,24)(H,25,29). The van der Waals surface area contributed by atoms with Gasteiger partial charge < -0.3 is 19.7 Å². The molecule has 1 aliphatic rings. The van der Waals surface area contributed by atoms with Gasteiger partial charge >= 0.3 is 6.03 Å². The van der Waals surface area contributed by atoms with E-state index in [1.165, 1.54) is 0 Å². The summed E-state index contributed by atoms with van der Waals surface area (Å²) in [7, 11) is 0. The van der Waals surface area contributed by atoms with Crippen LogP contribution >= 0.6 is 11.6 Å². The molecule has 0 aliphatic carbocycles. The van der Waals surface area contributed by atoms with Crippen molar-refractivity contribution in [3.8, 4) is 11.4 Å². The summed E-state index contributed by atoms with van der Waals surface area (Å²) in [5.74, 6) is 0.792. The number of aromatic nitrogens is 5. The van der Waals surface area contributed by atoms with E-state index in [4.69, 9.17) is 16.1 Å². The maximum absolute atomic E-state index is 13.1. The minimum absolute atomic E-state index is 0.286. The summed E-state index contributed by atoms with van der Waals surface area (Å²) in [6, 6.07) is 9.79. The molecule has 4 heterocycles. The first-order valence-electron chi connectivity index (χ1n) is 9.25. The van der Waals surface area contributed by atoms with E-state index in [9.17, 15) is 4.79 Å². The first kappa shape index (κ1) is 18.3. The highest BCUT2D eigenvalue weighted by molar-refractivity contribution is 6.30. The third kappa shape index (κ3) is 3.50. The van der Waals surface area contributed by atoms with Crippen molar-refractivity contribution in [3.63, 3.8) is 0 Å². The van der Waals surface area contributed by atoms with E-state index in [1.807, 2.05) is 0 Å². The van der Waals surface area contributed by atoms with Gasteiger partial charge in [0, 0.05) is 35.1 Å². The van der Waals surface area contributed by atoms with Crippen LogP contribution in [0.25, 0.3) is 11.4 Å². The van der Waals surface area contributed by atoms with E-state index < -0.39 is 6.04 Å². The third-order valence-corrected chi connectivity index (χ3v) is 5.17. The molecule has 1 aliphatic heterocycles. The number of imidazole rings is 1. The average molecular weight is 422 g/mol. The van der Waals surface area contributed by atoms with E-state index in [0.29, 0.717) is 35.4 Å². The second-order valence-corrected chi connectivity index (χ2v) is 7.24. The molecule has 1 atom stereocenters. The van der Waals surface area contributed by atoms with Crippen LogP contribution in [0, 0.1) is 0 Å². The largest absolute Gasteiger partial charge is 0.347 e. The SMILES string of the molecule is O=C(Nc1ccc(Cl)cc1)N1Cc2[nH]cnc2CC1c1nc(-c2ccncc2)no1. The number of nitrogens with zero attached hydrogens (tertiary/aromatic N) is 5. The van der Waals surface area contributed by atoms with Crippen LogP contribution in [0.3, 0.4) is 0 Å². The highest BCUT2D eigenvalue weighted by Crippen LogP contribution is 2.32. The monoisotopic (exact) mass is 421 g/mol. The van der Waals surface area contributed by atoms with E-state index in [-0.39, 0.29) is 6.03 Å². The van der Waals surface area contributed by atoms with Crippen LogP contribution in [-0.4, -0.2) is 36.0 Å². The molecule has 3 aromatic heterocycles. The average Bonchev–Trinajstić information content (AvgIpc) is 3.44. The molecule has 9 nitrogen and oxygen atoms in total. The van der Waals surface area contributed by atoms with E-state index in [0.717, 1.165) is 17.0 Å². The first-order valence-corrected chi connectivity index (χ1v) is 9.63. The number of fused-ring (bicyclic) bond motifs is 1. The van der Waals surface area contributed by atoms with Crippen molar-refractivity contribution in [2.45, 2.75) is 19.0 Å². The Balaban J connectivity index is 1.45. The zero-order valence-corrected chi connectivity index (χ0v) is 16.4.